The molecule has 0 radical (unpaired) electrons. The van der Waals surface area contributed by atoms with E-state index in [1.165, 1.54) is 16.9 Å². The molecule has 0 aliphatic heterocycles. The molecule has 4 nitrogen and oxygen atoms in total. The summed E-state index contributed by atoms with van der Waals surface area (Å²) in [5.41, 5.74) is 7.36. The fourth-order valence-corrected chi connectivity index (χ4v) is 2.28. The Hall–Kier alpha value is -3.02. The molecule has 2 aromatic carbocycles. The van der Waals surface area contributed by atoms with E-state index in [-0.39, 0.29) is 23.2 Å². The highest BCUT2D eigenvalue weighted by atomic mass is 19.1. The number of benzene rings is 2. The van der Waals surface area contributed by atoms with Crippen molar-refractivity contribution in [2.45, 2.75) is 6.42 Å². The maximum Gasteiger partial charge on any atom is 0.203 e. The van der Waals surface area contributed by atoms with Crippen LogP contribution >= 0.6 is 0 Å². The molecule has 0 saturated carbocycles. The summed E-state index contributed by atoms with van der Waals surface area (Å²) in [6.07, 6.45) is 1.65. The molecule has 0 unspecified atom stereocenters. The normalized spacial score (nSPS) is 10.7. The lowest BCUT2D eigenvalue weighted by Crippen LogP contribution is -2.16. The van der Waals surface area contributed by atoms with Crippen LogP contribution in [0.4, 0.5) is 14.5 Å². The lowest BCUT2D eigenvalue weighted by atomic mass is 10.1. The number of halogens is 2. The van der Waals surface area contributed by atoms with E-state index in [0.29, 0.717) is 5.69 Å². The third kappa shape index (κ3) is 3.42. The zero-order chi connectivity index (χ0) is 16.4. The number of anilines is 1. The molecule has 0 spiro atoms. The van der Waals surface area contributed by atoms with Gasteiger partial charge >= 0.3 is 0 Å². The predicted octanol–water partition coefficient (Wildman–Crippen LogP) is 2.68. The van der Waals surface area contributed by atoms with Crippen LogP contribution in [0, 0.1) is 11.6 Å². The Morgan fingerprint density at radius 1 is 1.04 bits per heavy atom. The van der Waals surface area contributed by atoms with Crippen molar-refractivity contribution < 1.29 is 8.78 Å². The average molecular weight is 313 g/mol. The first kappa shape index (κ1) is 14.9. The van der Waals surface area contributed by atoms with Gasteiger partial charge in [-0.15, -0.1) is 0 Å². The van der Waals surface area contributed by atoms with Crippen LogP contribution in [-0.2, 0) is 6.42 Å². The standard InChI is InChI=1S/C17H13F2N3O/c18-12-8-13(19)10-15(9-12)22-5-4-17(23)16(21-22)7-11-2-1-3-14(20)6-11/h1-6,8-10H,7,20H2. The number of hydrogen-bond acceptors (Lipinski definition) is 3. The maximum atomic E-state index is 13.3. The number of nitrogen functional groups attached to an aromatic ring is 1. The van der Waals surface area contributed by atoms with Gasteiger partial charge in [0, 0.05) is 30.4 Å². The molecule has 1 aromatic heterocycles. The van der Waals surface area contributed by atoms with E-state index in [0.717, 1.165) is 23.8 Å². The summed E-state index contributed by atoms with van der Waals surface area (Å²) >= 11 is 0. The van der Waals surface area contributed by atoms with Gasteiger partial charge in [0.15, 0.2) is 0 Å². The van der Waals surface area contributed by atoms with E-state index < -0.39 is 11.6 Å². The summed E-state index contributed by atoms with van der Waals surface area (Å²) in [7, 11) is 0. The lowest BCUT2D eigenvalue weighted by Gasteiger charge is -2.08. The fraction of sp³-hybridized carbons (Fsp3) is 0.0588. The molecule has 0 amide bonds. The molecule has 116 valence electrons. The van der Waals surface area contributed by atoms with E-state index in [2.05, 4.69) is 5.10 Å². The molecule has 0 atom stereocenters. The summed E-state index contributed by atoms with van der Waals surface area (Å²) in [5.74, 6) is -1.42. The van der Waals surface area contributed by atoms with Gasteiger partial charge in [0.25, 0.3) is 0 Å². The van der Waals surface area contributed by atoms with Crippen molar-refractivity contribution in [3.63, 3.8) is 0 Å². The van der Waals surface area contributed by atoms with E-state index >= 15 is 0 Å². The second-order valence-corrected chi connectivity index (χ2v) is 5.12. The number of hydrogen-bond donors (Lipinski definition) is 1. The Labute approximate surface area is 130 Å². The minimum absolute atomic E-state index is 0.205. The van der Waals surface area contributed by atoms with Crippen molar-refractivity contribution in [2.75, 3.05) is 5.73 Å². The van der Waals surface area contributed by atoms with Gasteiger partial charge in [-0.25, -0.2) is 13.5 Å². The van der Waals surface area contributed by atoms with Crippen molar-refractivity contribution in [2.24, 2.45) is 0 Å². The molecule has 0 saturated heterocycles. The molecule has 0 fully saturated rings. The monoisotopic (exact) mass is 313 g/mol. The smallest absolute Gasteiger partial charge is 0.203 e. The van der Waals surface area contributed by atoms with Crippen LogP contribution in [0.5, 0.6) is 0 Å². The minimum Gasteiger partial charge on any atom is -0.399 e. The van der Waals surface area contributed by atoms with E-state index in [1.807, 2.05) is 6.07 Å². The summed E-state index contributed by atoms with van der Waals surface area (Å²) < 4.78 is 27.9. The summed E-state index contributed by atoms with van der Waals surface area (Å²) in [6, 6.07) is 11.5. The highest BCUT2D eigenvalue weighted by molar-refractivity contribution is 5.41. The molecular weight excluding hydrogens is 300 g/mol. The highest BCUT2D eigenvalue weighted by Crippen LogP contribution is 2.13. The van der Waals surface area contributed by atoms with Crippen LogP contribution in [0.15, 0.2) is 59.5 Å². The van der Waals surface area contributed by atoms with Gasteiger partial charge in [-0.05, 0) is 29.8 Å². The summed E-state index contributed by atoms with van der Waals surface area (Å²) in [5, 5.41) is 4.18. The van der Waals surface area contributed by atoms with Gasteiger partial charge in [0.2, 0.25) is 5.43 Å². The van der Waals surface area contributed by atoms with Crippen LogP contribution in [0.25, 0.3) is 5.69 Å². The third-order valence-corrected chi connectivity index (χ3v) is 3.31. The van der Waals surface area contributed by atoms with Crippen LogP contribution in [-0.4, -0.2) is 9.78 Å². The van der Waals surface area contributed by atoms with Crippen molar-refractivity contribution >= 4 is 5.69 Å². The zero-order valence-corrected chi connectivity index (χ0v) is 12.0. The fourth-order valence-electron chi connectivity index (χ4n) is 2.28. The largest absolute Gasteiger partial charge is 0.399 e. The lowest BCUT2D eigenvalue weighted by molar-refractivity contribution is 0.579. The molecule has 3 aromatic rings. The molecular formula is C17H13F2N3O. The van der Waals surface area contributed by atoms with Crippen LogP contribution < -0.4 is 11.2 Å². The van der Waals surface area contributed by atoms with Gasteiger partial charge in [-0.3, -0.25) is 4.79 Å². The average Bonchev–Trinajstić information content (AvgIpc) is 2.48. The zero-order valence-electron chi connectivity index (χ0n) is 12.0. The Kier molecular flexibility index (Phi) is 3.89. The first-order valence-electron chi connectivity index (χ1n) is 6.91. The third-order valence-electron chi connectivity index (χ3n) is 3.31. The maximum absolute atomic E-state index is 13.3. The molecule has 0 bridgehead atoms. The first-order chi connectivity index (χ1) is 11.0. The highest BCUT2D eigenvalue weighted by Gasteiger charge is 2.08. The molecule has 0 aliphatic rings. The summed E-state index contributed by atoms with van der Waals surface area (Å²) in [4.78, 5) is 12.0. The molecule has 1 heterocycles. The van der Waals surface area contributed by atoms with E-state index in [9.17, 15) is 13.6 Å². The Morgan fingerprint density at radius 2 is 1.78 bits per heavy atom. The van der Waals surface area contributed by atoms with Crippen molar-refractivity contribution in [3.05, 3.63) is 87.8 Å². The summed E-state index contributed by atoms with van der Waals surface area (Å²) in [6.45, 7) is 0. The van der Waals surface area contributed by atoms with E-state index in [1.54, 1.807) is 18.2 Å². The number of rotatable bonds is 3. The minimum atomic E-state index is -0.710. The molecule has 3 rings (SSSR count). The topological polar surface area (TPSA) is 60.9 Å². The number of nitrogens with zero attached hydrogens (tertiary/aromatic N) is 2. The SMILES string of the molecule is Nc1cccc(Cc2nn(-c3cc(F)cc(F)c3)ccc2=O)c1. The van der Waals surface area contributed by atoms with Crippen molar-refractivity contribution in [1.82, 2.24) is 9.78 Å². The predicted molar refractivity (Wildman–Crippen MR) is 83.4 cm³/mol. The quantitative estimate of drug-likeness (QED) is 0.756. The van der Waals surface area contributed by atoms with Gasteiger partial charge in [0.05, 0.1) is 5.69 Å². The molecule has 0 aliphatic carbocycles. The second kappa shape index (κ2) is 6.00. The van der Waals surface area contributed by atoms with Gasteiger partial charge in [0.1, 0.15) is 17.3 Å². The number of nitrogens with two attached hydrogens (primary N) is 1. The van der Waals surface area contributed by atoms with E-state index in [4.69, 9.17) is 5.73 Å². The molecule has 2 N–H and O–H groups in total. The second-order valence-electron chi connectivity index (χ2n) is 5.12. The Morgan fingerprint density at radius 3 is 2.48 bits per heavy atom. The van der Waals surface area contributed by atoms with Gasteiger partial charge in [-0.1, -0.05) is 12.1 Å². The van der Waals surface area contributed by atoms with Gasteiger partial charge < -0.3 is 5.73 Å². The number of aromatic nitrogens is 2. The van der Waals surface area contributed by atoms with Crippen LogP contribution in [0.2, 0.25) is 0 Å². The van der Waals surface area contributed by atoms with Gasteiger partial charge in [-0.2, -0.15) is 5.10 Å². The van der Waals surface area contributed by atoms with Crippen molar-refractivity contribution in [3.8, 4) is 5.69 Å². The Bertz CT molecular complexity index is 901. The Balaban J connectivity index is 2.00. The molecule has 23 heavy (non-hydrogen) atoms. The van der Waals surface area contributed by atoms with Crippen LogP contribution in [0.3, 0.4) is 0 Å². The van der Waals surface area contributed by atoms with Crippen molar-refractivity contribution in [1.29, 1.82) is 0 Å². The van der Waals surface area contributed by atoms with Crippen LogP contribution in [0.1, 0.15) is 11.3 Å². The molecule has 6 heteroatoms. The first-order valence-corrected chi connectivity index (χ1v) is 6.91.